The molecule has 0 bridgehead atoms. The third kappa shape index (κ3) is 6.53. The van der Waals surface area contributed by atoms with Crippen LogP contribution in [0.15, 0.2) is 24.3 Å². The Labute approximate surface area is 121 Å². The van der Waals surface area contributed by atoms with E-state index in [1.54, 1.807) is 24.3 Å². The van der Waals surface area contributed by atoms with Gasteiger partial charge in [0.25, 0.3) is 0 Å². The molecular weight excluding hydrogens is 276 g/mol. The molecule has 0 saturated heterocycles. The van der Waals surface area contributed by atoms with Crippen molar-refractivity contribution in [3.8, 4) is 0 Å². The Hall–Kier alpha value is -2.41. The number of carbonyl (C=O) groups excluding carboxylic acids is 1. The van der Waals surface area contributed by atoms with Gasteiger partial charge < -0.3 is 21.3 Å². The summed E-state index contributed by atoms with van der Waals surface area (Å²) in [5.41, 5.74) is 6.97. The van der Waals surface area contributed by atoms with Crippen molar-refractivity contribution >= 4 is 23.5 Å². The van der Waals surface area contributed by atoms with Crippen molar-refractivity contribution in [1.29, 1.82) is 0 Å². The number of rotatable bonds is 8. The summed E-state index contributed by atoms with van der Waals surface area (Å²) in [7, 11) is 0. The van der Waals surface area contributed by atoms with Crippen molar-refractivity contribution < 1.29 is 24.6 Å². The van der Waals surface area contributed by atoms with Crippen LogP contribution in [0.4, 0.5) is 5.69 Å². The fraction of sp³-hybridized carbons (Fsp3) is 0.357. The summed E-state index contributed by atoms with van der Waals surface area (Å²) in [5.74, 6) is -2.31. The molecule has 0 heterocycles. The maximum absolute atomic E-state index is 11.7. The SMILES string of the molecule is NC(CCC(=O)O)C(=O)Nc1ccc(CCC(=O)O)cc1. The number of hydrogen-bond donors (Lipinski definition) is 4. The molecule has 0 saturated carbocycles. The van der Waals surface area contributed by atoms with Crippen LogP contribution in [0.5, 0.6) is 0 Å². The Morgan fingerprint density at radius 1 is 1.05 bits per heavy atom. The van der Waals surface area contributed by atoms with Crippen LogP contribution in [0.2, 0.25) is 0 Å². The van der Waals surface area contributed by atoms with Gasteiger partial charge in [-0.1, -0.05) is 12.1 Å². The predicted octanol–water partition coefficient (Wildman–Crippen LogP) is 0.834. The third-order valence-electron chi connectivity index (χ3n) is 2.85. The first-order valence-electron chi connectivity index (χ1n) is 6.47. The van der Waals surface area contributed by atoms with E-state index in [1.807, 2.05) is 0 Å². The van der Waals surface area contributed by atoms with Gasteiger partial charge in [-0.05, 0) is 30.5 Å². The monoisotopic (exact) mass is 294 g/mol. The lowest BCUT2D eigenvalue weighted by Crippen LogP contribution is -2.36. The lowest BCUT2D eigenvalue weighted by atomic mass is 10.1. The molecular formula is C14H18N2O5. The first-order valence-corrected chi connectivity index (χ1v) is 6.47. The minimum Gasteiger partial charge on any atom is -0.481 e. The van der Waals surface area contributed by atoms with E-state index in [1.165, 1.54) is 0 Å². The molecule has 0 radical (unpaired) electrons. The summed E-state index contributed by atoms with van der Waals surface area (Å²) in [4.78, 5) is 32.6. The van der Waals surface area contributed by atoms with E-state index in [9.17, 15) is 14.4 Å². The highest BCUT2D eigenvalue weighted by molar-refractivity contribution is 5.94. The van der Waals surface area contributed by atoms with E-state index >= 15 is 0 Å². The van der Waals surface area contributed by atoms with Crippen LogP contribution in [-0.4, -0.2) is 34.1 Å². The average molecular weight is 294 g/mol. The molecule has 114 valence electrons. The molecule has 0 fully saturated rings. The van der Waals surface area contributed by atoms with Crippen LogP contribution >= 0.6 is 0 Å². The Balaban J connectivity index is 2.49. The minimum atomic E-state index is -0.999. The summed E-state index contributed by atoms with van der Waals surface area (Å²) in [6.07, 6.45) is 0.369. The Morgan fingerprint density at radius 3 is 2.14 bits per heavy atom. The van der Waals surface area contributed by atoms with E-state index in [2.05, 4.69) is 5.32 Å². The maximum atomic E-state index is 11.7. The van der Waals surface area contributed by atoms with Gasteiger partial charge in [-0.25, -0.2) is 0 Å². The van der Waals surface area contributed by atoms with Gasteiger partial charge in [-0.2, -0.15) is 0 Å². The number of aliphatic carboxylic acids is 2. The Bertz CT molecular complexity index is 513. The van der Waals surface area contributed by atoms with Gasteiger partial charge in [-0.3, -0.25) is 14.4 Å². The summed E-state index contributed by atoms with van der Waals surface area (Å²) in [6, 6.07) is 5.87. The van der Waals surface area contributed by atoms with E-state index in [-0.39, 0.29) is 19.3 Å². The van der Waals surface area contributed by atoms with Crippen molar-refractivity contribution in [1.82, 2.24) is 0 Å². The van der Waals surface area contributed by atoms with E-state index in [0.717, 1.165) is 5.56 Å². The second-order valence-electron chi connectivity index (χ2n) is 4.62. The van der Waals surface area contributed by atoms with Crippen molar-refractivity contribution in [2.24, 2.45) is 5.73 Å². The van der Waals surface area contributed by atoms with Gasteiger partial charge in [0.05, 0.1) is 6.04 Å². The molecule has 7 nitrogen and oxygen atoms in total. The van der Waals surface area contributed by atoms with Crippen molar-refractivity contribution in [2.45, 2.75) is 31.7 Å². The number of aryl methyl sites for hydroxylation is 1. The molecule has 21 heavy (non-hydrogen) atoms. The number of amides is 1. The van der Waals surface area contributed by atoms with Gasteiger partial charge in [0, 0.05) is 18.5 Å². The molecule has 0 spiro atoms. The van der Waals surface area contributed by atoms with Crippen LogP contribution in [0.1, 0.15) is 24.8 Å². The number of anilines is 1. The number of nitrogens with one attached hydrogen (secondary N) is 1. The highest BCUT2D eigenvalue weighted by Gasteiger charge is 2.14. The van der Waals surface area contributed by atoms with Crippen LogP contribution in [-0.2, 0) is 20.8 Å². The molecule has 0 aliphatic carbocycles. The van der Waals surface area contributed by atoms with Gasteiger partial charge in [0.1, 0.15) is 0 Å². The topological polar surface area (TPSA) is 130 Å². The lowest BCUT2D eigenvalue weighted by Gasteiger charge is -2.11. The molecule has 1 aromatic rings. The van der Waals surface area contributed by atoms with E-state index in [4.69, 9.17) is 15.9 Å². The summed E-state index contributed by atoms with van der Waals surface area (Å²) >= 11 is 0. The van der Waals surface area contributed by atoms with Crippen LogP contribution < -0.4 is 11.1 Å². The van der Waals surface area contributed by atoms with Gasteiger partial charge >= 0.3 is 11.9 Å². The molecule has 5 N–H and O–H groups in total. The summed E-state index contributed by atoms with van der Waals surface area (Å²) in [6.45, 7) is 0. The molecule has 0 aliphatic rings. The van der Waals surface area contributed by atoms with Crippen molar-refractivity contribution in [3.63, 3.8) is 0 Å². The normalized spacial score (nSPS) is 11.7. The molecule has 0 aromatic heterocycles. The third-order valence-corrected chi connectivity index (χ3v) is 2.85. The second kappa shape index (κ2) is 8.01. The largest absolute Gasteiger partial charge is 0.481 e. The zero-order valence-corrected chi connectivity index (χ0v) is 11.4. The first kappa shape index (κ1) is 16.6. The van der Waals surface area contributed by atoms with Crippen LogP contribution in [0.25, 0.3) is 0 Å². The van der Waals surface area contributed by atoms with Crippen LogP contribution in [0.3, 0.4) is 0 Å². The number of carboxylic acid groups (broad SMARTS) is 2. The highest BCUT2D eigenvalue weighted by atomic mass is 16.4. The quantitative estimate of drug-likeness (QED) is 0.562. The smallest absolute Gasteiger partial charge is 0.303 e. The molecule has 1 rings (SSSR count). The van der Waals surface area contributed by atoms with Gasteiger partial charge in [0.15, 0.2) is 0 Å². The lowest BCUT2D eigenvalue weighted by molar-refractivity contribution is -0.138. The van der Waals surface area contributed by atoms with E-state index < -0.39 is 23.9 Å². The predicted molar refractivity (Wildman–Crippen MR) is 75.9 cm³/mol. The highest BCUT2D eigenvalue weighted by Crippen LogP contribution is 2.12. The van der Waals surface area contributed by atoms with Crippen LogP contribution in [0, 0.1) is 0 Å². The Kier molecular flexibility index (Phi) is 6.35. The molecule has 1 amide bonds. The van der Waals surface area contributed by atoms with Crippen molar-refractivity contribution in [2.75, 3.05) is 5.32 Å². The fourth-order valence-electron chi connectivity index (χ4n) is 1.65. The fourth-order valence-corrected chi connectivity index (χ4v) is 1.65. The zero-order valence-electron chi connectivity index (χ0n) is 11.4. The van der Waals surface area contributed by atoms with Crippen molar-refractivity contribution in [3.05, 3.63) is 29.8 Å². The molecule has 1 atom stereocenters. The standard InChI is InChI=1S/C14H18N2O5/c15-11(6-8-13(19)20)14(21)16-10-4-1-9(2-5-10)3-7-12(17)18/h1-2,4-5,11H,3,6-8,15H2,(H,16,21)(H,17,18)(H,19,20). The molecule has 0 aliphatic heterocycles. The second-order valence-corrected chi connectivity index (χ2v) is 4.62. The molecule has 7 heteroatoms. The molecule has 1 unspecified atom stereocenters. The number of carboxylic acids is 2. The first-order chi connectivity index (χ1) is 9.88. The average Bonchev–Trinajstić information content (AvgIpc) is 2.43. The Morgan fingerprint density at radius 2 is 1.62 bits per heavy atom. The number of benzene rings is 1. The number of hydrogen-bond acceptors (Lipinski definition) is 4. The van der Waals surface area contributed by atoms with Gasteiger partial charge in [-0.15, -0.1) is 0 Å². The summed E-state index contributed by atoms with van der Waals surface area (Å²) in [5, 5.41) is 19.7. The van der Waals surface area contributed by atoms with E-state index in [0.29, 0.717) is 12.1 Å². The zero-order chi connectivity index (χ0) is 15.8. The summed E-state index contributed by atoms with van der Waals surface area (Å²) < 4.78 is 0. The van der Waals surface area contributed by atoms with Gasteiger partial charge in [0.2, 0.25) is 5.91 Å². The number of carbonyl (C=O) groups is 3. The molecule has 1 aromatic carbocycles. The minimum absolute atomic E-state index is 0.0474. The maximum Gasteiger partial charge on any atom is 0.303 e. The number of nitrogens with two attached hydrogens (primary N) is 1.